The highest BCUT2D eigenvalue weighted by Crippen LogP contribution is 2.24. The van der Waals surface area contributed by atoms with E-state index in [-0.39, 0.29) is 4.90 Å². The van der Waals surface area contributed by atoms with E-state index in [4.69, 9.17) is 0 Å². The summed E-state index contributed by atoms with van der Waals surface area (Å²) in [7, 11) is -3.60. The molecular formula is C24H22FN3O2S. The van der Waals surface area contributed by atoms with Crippen LogP contribution in [0.2, 0.25) is 0 Å². The molecule has 5 nitrogen and oxygen atoms in total. The van der Waals surface area contributed by atoms with Gasteiger partial charge in [-0.3, -0.25) is 4.90 Å². The zero-order valence-corrected chi connectivity index (χ0v) is 17.7. The van der Waals surface area contributed by atoms with Gasteiger partial charge in [-0.1, -0.05) is 42.5 Å². The third kappa shape index (κ3) is 4.67. The Bertz CT molecular complexity index is 1190. The number of nitrogens with zero attached hydrogens (tertiary/aromatic N) is 3. The molecular weight excluding hydrogens is 413 g/mol. The maximum absolute atomic E-state index is 13.1. The number of sulfonamides is 1. The van der Waals surface area contributed by atoms with Gasteiger partial charge in [0.1, 0.15) is 5.82 Å². The molecule has 0 spiro atoms. The second-order valence-corrected chi connectivity index (χ2v) is 9.43. The van der Waals surface area contributed by atoms with Gasteiger partial charge in [0.15, 0.2) is 0 Å². The summed E-state index contributed by atoms with van der Waals surface area (Å²) in [6.07, 6.45) is 0. The van der Waals surface area contributed by atoms with E-state index >= 15 is 0 Å². The molecule has 3 aromatic rings. The first-order valence-corrected chi connectivity index (χ1v) is 11.5. The van der Waals surface area contributed by atoms with Crippen LogP contribution in [0.4, 0.5) is 4.39 Å². The molecule has 1 aliphatic rings. The lowest BCUT2D eigenvalue weighted by Gasteiger charge is -2.34. The van der Waals surface area contributed by atoms with Gasteiger partial charge in [-0.25, -0.2) is 12.8 Å². The van der Waals surface area contributed by atoms with Gasteiger partial charge in [0, 0.05) is 32.7 Å². The predicted molar refractivity (Wildman–Crippen MR) is 117 cm³/mol. The lowest BCUT2D eigenvalue weighted by molar-refractivity contribution is 0.181. The highest BCUT2D eigenvalue weighted by molar-refractivity contribution is 7.89. The van der Waals surface area contributed by atoms with Gasteiger partial charge < -0.3 is 0 Å². The monoisotopic (exact) mass is 435 g/mol. The summed E-state index contributed by atoms with van der Waals surface area (Å²) in [4.78, 5) is 2.34. The maximum Gasteiger partial charge on any atom is 0.243 e. The molecule has 0 aromatic heterocycles. The molecule has 0 aliphatic carbocycles. The minimum Gasteiger partial charge on any atom is -0.296 e. The largest absolute Gasteiger partial charge is 0.296 e. The van der Waals surface area contributed by atoms with Gasteiger partial charge in [0.25, 0.3) is 0 Å². The van der Waals surface area contributed by atoms with Crippen LogP contribution in [0.15, 0.2) is 77.7 Å². The molecule has 1 saturated heterocycles. The molecule has 0 amide bonds. The van der Waals surface area contributed by atoms with E-state index in [1.54, 1.807) is 0 Å². The molecule has 3 aromatic carbocycles. The fraction of sp³-hybridized carbons (Fsp3) is 0.208. The summed E-state index contributed by atoms with van der Waals surface area (Å²) >= 11 is 0. The van der Waals surface area contributed by atoms with Crippen LogP contribution in [0, 0.1) is 17.1 Å². The van der Waals surface area contributed by atoms with E-state index in [2.05, 4.69) is 11.0 Å². The van der Waals surface area contributed by atoms with E-state index < -0.39 is 15.8 Å². The van der Waals surface area contributed by atoms with Crippen LogP contribution in [0.3, 0.4) is 0 Å². The van der Waals surface area contributed by atoms with E-state index in [9.17, 15) is 18.1 Å². The van der Waals surface area contributed by atoms with Crippen molar-refractivity contribution < 1.29 is 12.8 Å². The minimum absolute atomic E-state index is 0.121. The summed E-state index contributed by atoms with van der Waals surface area (Å²) < 4.78 is 40.1. The molecule has 0 N–H and O–H groups in total. The standard InChI is InChI=1S/C24H22FN3O2S/c25-22-9-11-23(12-10-22)31(29,30)28-15-13-27(14-16-28)18-19-5-7-20(8-6-19)24-4-2-1-3-21(24)17-26/h1-12H,13-16,18H2. The molecule has 0 radical (unpaired) electrons. The number of rotatable bonds is 5. The van der Waals surface area contributed by atoms with E-state index in [1.807, 2.05) is 48.5 Å². The summed E-state index contributed by atoms with van der Waals surface area (Å²) in [6, 6.07) is 22.8. The highest BCUT2D eigenvalue weighted by atomic mass is 32.2. The number of hydrogen-bond acceptors (Lipinski definition) is 4. The Morgan fingerprint density at radius 3 is 2.16 bits per heavy atom. The van der Waals surface area contributed by atoms with Crippen molar-refractivity contribution in [3.63, 3.8) is 0 Å². The summed E-state index contributed by atoms with van der Waals surface area (Å²) in [5.41, 5.74) is 3.69. The molecule has 0 atom stereocenters. The van der Waals surface area contributed by atoms with Crippen molar-refractivity contribution in [2.24, 2.45) is 0 Å². The Morgan fingerprint density at radius 2 is 1.52 bits per heavy atom. The molecule has 0 unspecified atom stereocenters. The van der Waals surface area contributed by atoms with Gasteiger partial charge in [0.2, 0.25) is 10.0 Å². The van der Waals surface area contributed by atoms with Crippen LogP contribution in [0.25, 0.3) is 11.1 Å². The summed E-state index contributed by atoms with van der Waals surface area (Å²) in [5.74, 6) is -0.453. The van der Waals surface area contributed by atoms with Gasteiger partial charge in [-0.2, -0.15) is 9.57 Å². The van der Waals surface area contributed by atoms with Crippen molar-refractivity contribution in [3.8, 4) is 17.2 Å². The highest BCUT2D eigenvalue weighted by Gasteiger charge is 2.28. The third-order valence-electron chi connectivity index (χ3n) is 5.50. The number of hydrogen-bond donors (Lipinski definition) is 0. The first-order valence-electron chi connectivity index (χ1n) is 10.0. The third-order valence-corrected chi connectivity index (χ3v) is 7.41. The quantitative estimate of drug-likeness (QED) is 0.610. The second-order valence-electron chi connectivity index (χ2n) is 7.49. The topological polar surface area (TPSA) is 64.4 Å². The molecule has 31 heavy (non-hydrogen) atoms. The van der Waals surface area contributed by atoms with Crippen LogP contribution in [-0.4, -0.2) is 43.8 Å². The molecule has 1 fully saturated rings. The Labute approximate surface area is 182 Å². The zero-order chi connectivity index (χ0) is 21.8. The lowest BCUT2D eigenvalue weighted by Crippen LogP contribution is -2.48. The molecule has 158 valence electrons. The Hall–Kier alpha value is -3.05. The molecule has 4 rings (SSSR count). The Balaban J connectivity index is 1.38. The Morgan fingerprint density at radius 1 is 0.871 bits per heavy atom. The number of nitriles is 1. The minimum atomic E-state index is -3.60. The first kappa shape index (κ1) is 21.2. The normalized spacial score (nSPS) is 15.5. The van der Waals surface area contributed by atoms with Crippen molar-refractivity contribution in [1.29, 1.82) is 5.26 Å². The van der Waals surface area contributed by atoms with Crippen LogP contribution >= 0.6 is 0 Å². The first-order chi connectivity index (χ1) is 15.0. The van der Waals surface area contributed by atoms with Gasteiger partial charge in [-0.05, 0) is 47.0 Å². The summed E-state index contributed by atoms with van der Waals surface area (Å²) in [5, 5.41) is 9.29. The van der Waals surface area contributed by atoms with Gasteiger partial charge >= 0.3 is 0 Å². The molecule has 1 aliphatic heterocycles. The van der Waals surface area contributed by atoms with Crippen LogP contribution in [0.1, 0.15) is 11.1 Å². The van der Waals surface area contributed by atoms with Crippen molar-refractivity contribution in [1.82, 2.24) is 9.21 Å². The predicted octanol–water partition coefficient (Wildman–Crippen LogP) is 3.87. The van der Waals surface area contributed by atoms with E-state index in [0.29, 0.717) is 31.7 Å². The van der Waals surface area contributed by atoms with Crippen LogP contribution in [0.5, 0.6) is 0 Å². The van der Waals surface area contributed by atoms with Crippen LogP contribution in [-0.2, 0) is 16.6 Å². The SMILES string of the molecule is N#Cc1ccccc1-c1ccc(CN2CCN(S(=O)(=O)c3ccc(F)cc3)CC2)cc1. The summed E-state index contributed by atoms with van der Waals surface area (Å²) in [6.45, 7) is 2.77. The average Bonchev–Trinajstić information content (AvgIpc) is 2.80. The number of halogens is 1. The molecule has 0 saturated carbocycles. The Kier molecular flexibility index (Phi) is 6.14. The maximum atomic E-state index is 13.1. The van der Waals surface area contributed by atoms with Gasteiger partial charge in [0.05, 0.1) is 16.5 Å². The average molecular weight is 436 g/mol. The van der Waals surface area contributed by atoms with Crippen molar-refractivity contribution in [2.45, 2.75) is 11.4 Å². The smallest absolute Gasteiger partial charge is 0.243 e. The second kappa shape index (κ2) is 8.98. The van der Waals surface area contributed by atoms with Crippen LogP contribution < -0.4 is 0 Å². The van der Waals surface area contributed by atoms with Crippen molar-refractivity contribution in [2.75, 3.05) is 26.2 Å². The molecule has 1 heterocycles. The fourth-order valence-electron chi connectivity index (χ4n) is 3.76. The molecule has 7 heteroatoms. The van der Waals surface area contributed by atoms with Crippen molar-refractivity contribution in [3.05, 3.63) is 89.7 Å². The molecule has 0 bridgehead atoms. The van der Waals surface area contributed by atoms with E-state index in [1.165, 1.54) is 28.6 Å². The van der Waals surface area contributed by atoms with E-state index in [0.717, 1.165) is 23.2 Å². The number of piperazine rings is 1. The van der Waals surface area contributed by atoms with Gasteiger partial charge in [-0.15, -0.1) is 0 Å². The lowest BCUT2D eigenvalue weighted by atomic mass is 9.99. The van der Waals surface area contributed by atoms with Crippen molar-refractivity contribution >= 4 is 10.0 Å². The zero-order valence-electron chi connectivity index (χ0n) is 16.9. The fourth-order valence-corrected chi connectivity index (χ4v) is 5.19. The number of benzene rings is 3.